The molecule has 0 spiro atoms. The van der Waals surface area contributed by atoms with E-state index in [1.54, 1.807) is 23.0 Å². The van der Waals surface area contributed by atoms with E-state index >= 15 is 0 Å². The molecule has 0 saturated heterocycles. The monoisotopic (exact) mass is 307 g/mol. The zero-order chi connectivity index (χ0) is 15.2. The van der Waals surface area contributed by atoms with Gasteiger partial charge in [-0.05, 0) is 32.0 Å². The number of hydrogen-bond donors (Lipinski definition) is 2. The van der Waals surface area contributed by atoms with Crippen molar-refractivity contribution in [2.24, 2.45) is 0 Å². The van der Waals surface area contributed by atoms with Gasteiger partial charge in [0.05, 0.1) is 11.6 Å². The Morgan fingerprint density at radius 1 is 1.48 bits per heavy atom. The zero-order valence-corrected chi connectivity index (χ0v) is 12.8. The van der Waals surface area contributed by atoms with E-state index in [9.17, 15) is 4.79 Å². The largest absolute Gasteiger partial charge is 0.370 e. The number of carbonyl (C=O) groups is 1. The van der Waals surface area contributed by atoms with Crippen LogP contribution in [0.4, 0.5) is 5.82 Å². The van der Waals surface area contributed by atoms with Crippen molar-refractivity contribution in [1.29, 1.82) is 0 Å². The Hall–Kier alpha value is -2.08. The molecule has 2 heterocycles. The van der Waals surface area contributed by atoms with E-state index in [2.05, 4.69) is 20.7 Å². The van der Waals surface area contributed by atoms with E-state index in [1.165, 1.54) is 0 Å². The molecule has 1 amide bonds. The van der Waals surface area contributed by atoms with Gasteiger partial charge < -0.3 is 10.6 Å². The predicted octanol–water partition coefficient (Wildman–Crippen LogP) is 2.18. The van der Waals surface area contributed by atoms with E-state index in [4.69, 9.17) is 11.6 Å². The maximum absolute atomic E-state index is 12.2. The highest BCUT2D eigenvalue weighted by Crippen LogP contribution is 2.16. The minimum atomic E-state index is -0.292. The smallest absolute Gasteiger partial charge is 0.271 e. The van der Waals surface area contributed by atoms with Gasteiger partial charge in [-0.2, -0.15) is 5.10 Å². The molecule has 2 aromatic heterocycles. The molecule has 0 aliphatic rings. The summed E-state index contributed by atoms with van der Waals surface area (Å²) < 4.78 is 1.76. The number of carbonyl (C=O) groups excluding carboxylic acids is 1. The molecular formula is C14H18ClN5O. The van der Waals surface area contributed by atoms with Gasteiger partial charge in [-0.25, -0.2) is 4.98 Å². The van der Waals surface area contributed by atoms with Gasteiger partial charge in [0.1, 0.15) is 11.5 Å². The molecule has 0 aliphatic heterocycles. The minimum Gasteiger partial charge on any atom is -0.370 e. The van der Waals surface area contributed by atoms with Gasteiger partial charge in [-0.3, -0.25) is 9.48 Å². The van der Waals surface area contributed by atoms with Gasteiger partial charge in [-0.15, -0.1) is 0 Å². The molecule has 6 nitrogen and oxygen atoms in total. The van der Waals surface area contributed by atoms with E-state index in [1.807, 2.05) is 26.1 Å². The second kappa shape index (κ2) is 7.08. The maximum atomic E-state index is 12.2. The molecule has 0 radical (unpaired) electrons. The number of pyridine rings is 1. The highest BCUT2D eigenvalue weighted by atomic mass is 35.5. The van der Waals surface area contributed by atoms with Crippen LogP contribution in [0.2, 0.25) is 5.02 Å². The molecule has 7 heteroatoms. The lowest BCUT2D eigenvalue weighted by molar-refractivity contribution is 0.0931. The summed E-state index contributed by atoms with van der Waals surface area (Å²) in [5, 5.41) is 10.4. The van der Waals surface area contributed by atoms with E-state index in [0.29, 0.717) is 17.4 Å². The lowest BCUT2D eigenvalue weighted by Gasteiger charge is -2.14. The van der Waals surface area contributed by atoms with Crippen LogP contribution < -0.4 is 10.6 Å². The van der Waals surface area contributed by atoms with Crippen LogP contribution >= 0.6 is 11.6 Å². The SMILES string of the molecule is CCNc1ccc(Cl)c(C(=O)NC(C)Cn2cccn2)n1. The van der Waals surface area contributed by atoms with Gasteiger partial charge in [0.25, 0.3) is 5.91 Å². The topological polar surface area (TPSA) is 71.8 Å². The fraction of sp³-hybridized carbons (Fsp3) is 0.357. The fourth-order valence-electron chi connectivity index (χ4n) is 1.91. The summed E-state index contributed by atoms with van der Waals surface area (Å²) in [5.74, 6) is 0.339. The molecule has 21 heavy (non-hydrogen) atoms. The Labute approximate surface area is 128 Å². The summed E-state index contributed by atoms with van der Waals surface area (Å²) in [4.78, 5) is 16.5. The first-order valence-electron chi connectivity index (χ1n) is 6.79. The van der Waals surface area contributed by atoms with Crippen LogP contribution in [0.5, 0.6) is 0 Å². The van der Waals surface area contributed by atoms with E-state index < -0.39 is 0 Å². The number of halogens is 1. The first-order chi connectivity index (χ1) is 10.1. The van der Waals surface area contributed by atoms with Gasteiger partial charge in [0.15, 0.2) is 0 Å². The molecule has 0 fully saturated rings. The number of anilines is 1. The molecule has 2 aromatic rings. The van der Waals surface area contributed by atoms with Crippen LogP contribution in [0.1, 0.15) is 24.3 Å². The van der Waals surface area contributed by atoms with Crippen LogP contribution in [-0.2, 0) is 6.54 Å². The van der Waals surface area contributed by atoms with Gasteiger partial charge in [-0.1, -0.05) is 11.6 Å². The Morgan fingerprint density at radius 3 is 2.95 bits per heavy atom. The Bertz CT molecular complexity index is 599. The predicted molar refractivity (Wildman–Crippen MR) is 82.6 cm³/mol. The first kappa shape index (κ1) is 15.3. The third-order valence-electron chi connectivity index (χ3n) is 2.82. The number of nitrogens with zero attached hydrogens (tertiary/aromatic N) is 3. The van der Waals surface area contributed by atoms with Gasteiger partial charge in [0, 0.05) is 25.0 Å². The lowest BCUT2D eigenvalue weighted by atomic mass is 10.2. The van der Waals surface area contributed by atoms with Crippen LogP contribution in [-0.4, -0.2) is 33.3 Å². The molecule has 0 aliphatic carbocycles. The Balaban J connectivity index is 2.03. The van der Waals surface area contributed by atoms with Crippen molar-refractivity contribution in [2.45, 2.75) is 26.4 Å². The van der Waals surface area contributed by atoms with Crippen molar-refractivity contribution in [3.63, 3.8) is 0 Å². The number of amides is 1. The fourth-order valence-corrected chi connectivity index (χ4v) is 2.10. The van der Waals surface area contributed by atoms with Crippen LogP contribution in [0.25, 0.3) is 0 Å². The summed E-state index contributed by atoms with van der Waals surface area (Å²) in [6.07, 6.45) is 3.55. The first-order valence-corrected chi connectivity index (χ1v) is 7.16. The van der Waals surface area contributed by atoms with Crippen molar-refractivity contribution in [3.05, 3.63) is 41.3 Å². The van der Waals surface area contributed by atoms with Crippen molar-refractivity contribution < 1.29 is 4.79 Å². The molecular weight excluding hydrogens is 290 g/mol. The normalized spacial score (nSPS) is 12.0. The molecule has 1 atom stereocenters. The van der Waals surface area contributed by atoms with Crippen molar-refractivity contribution in [1.82, 2.24) is 20.1 Å². The molecule has 1 unspecified atom stereocenters. The average Bonchev–Trinajstić information content (AvgIpc) is 2.93. The van der Waals surface area contributed by atoms with Crippen LogP contribution in [0.3, 0.4) is 0 Å². The Kier molecular flexibility index (Phi) is 5.16. The van der Waals surface area contributed by atoms with Crippen molar-refractivity contribution in [2.75, 3.05) is 11.9 Å². The molecule has 2 N–H and O–H groups in total. The minimum absolute atomic E-state index is 0.0851. The molecule has 0 aromatic carbocycles. The van der Waals surface area contributed by atoms with E-state index in [-0.39, 0.29) is 17.6 Å². The van der Waals surface area contributed by atoms with Crippen molar-refractivity contribution >= 4 is 23.3 Å². The summed E-state index contributed by atoms with van der Waals surface area (Å²) in [7, 11) is 0. The lowest BCUT2D eigenvalue weighted by Crippen LogP contribution is -2.36. The number of nitrogens with one attached hydrogen (secondary N) is 2. The highest BCUT2D eigenvalue weighted by Gasteiger charge is 2.15. The quantitative estimate of drug-likeness (QED) is 0.858. The van der Waals surface area contributed by atoms with Crippen LogP contribution in [0, 0.1) is 0 Å². The molecule has 112 valence electrons. The second-order valence-electron chi connectivity index (χ2n) is 4.66. The van der Waals surface area contributed by atoms with E-state index in [0.717, 1.165) is 6.54 Å². The highest BCUT2D eigenvalue weighted by molar-refractivity contribution is 6.33. The standard InChI is InChI=1S/C14H18ClN5O/c1-3-16-12-6-5-11(15)13(19-12)14(21)18-10(2)9-20-8-4-7-17-20/h4-8,10H,3,9H2,1-2H3,(H,16,19)(H,18,21). The van der Waals surface area contributed by atoms with Crippen molar-refractivity contribution in [3.8, 4) is 0 Å². The molecule has 2 rings (SSSR count). The molecule has 0 saturated carbocycles. The number of rotatable bonds is 6. The zero-order valence-electron chi connectivity index (χ0n) is 12.0. The third kappa shape index (κ3) is 4.19. The van der Waals surface area contributed by atoms with Gasteiger partial charge in [0.2, 0.25) is 0 Å². The maximum Gasteiger partial charge on any atom is 0.271 e. The third-order valence-corrected chi connectivity index (χ3v) is 3.12. The molecule has 0 bridgehead atoms. The number of hydrogen-bond acceptors (Lipinski definition) is 4. The van der Waals surface area contributed by atoms with Gasteiger partial charge >= 0.3 is 0 Å². The summed E-state index contributed by atoms with van der Waals surface area (Å²) in [5.41, 5.74) is 0.224. The van der Waals surface area contributed by atoms with Crippen LogP contribution in [0.15, 0.2) is 30.6 Å². The second-order valence-corrected chi connectivity index (χ2v) is 5.07. The summed E-state index contributed by atoms with van der Waals surface area (Å²) in [6, 6.07) is 5.17. The number of aromatic nitrogens is 3. The average molecular weight is 308 g/mol. The Morgan fingerprint density at radius 2 is 2.29 bits per heavy atom. The summed E-state index contributed by atoms with van der Waals surface area (Å²) >= 11 is 6.05. The summed E-state index contributed by atoms with van der Waals surface area (Å²) in [6.45, 7) is 5.18.